The van der Waals surface area contributed by atoms with Gasteiger partial charge in [0, 0.05) is 76.2 Å². The number of aromatic nitrogens is 2. The lowest BCUT2D eigenvalue weighted by atomic mass is 9.81. The molecule has 0 unspecified atom stereocenters. The molecule has 2 aromatic heterocycles. The van der Waals surface area contributed by atoms with Gasteiger partial charge in [-0.05, 0) is 38.3 Å². The summed E-state index contributed by atoms with van der Waals surface area (Å²) in [5.41, 5.74) is 2.92. The van der Waals surface area contributed by atoms with Gasteiger partial charge in [-0.2, -0.15) is 0 Å². The Balaban J connectivity index is 0.00000155. The van der Waals surface area contributed by atoms with Gasteiger partial charge >= 0.3 is 0 Å². The summed E-state index contributed by atoms with van der Waals surface area (Å²) in [6, 6.07) is 4.43. The summed E-state index contributed by atoms with van der Waals surface area (Å²) in [4.78, 5) is 16.0. The number of rotatable bonds is 6. The first-order valence-corrected chi connectivity index (χ1v) is 15.6. The van der Waals surface area contributed by atoms with E-state index in [2.05, 4.69) is 31.9 Å². The van der Waals surface area contributed by atoms with Crippen LogP contribution in [0.2, 0.25) is 0 Å². The average Bonchev–Trinajstić information content (AvgIpc) is 3.27. The highest BCUT2D eigenvalue weighted by Gasteiger charge is 2.59. The molecule has 4 fully saturated rings. The summed E-state index contributed by atoms with van der Waals surface area (Å²) >= 11 is 0. The normalized spacial score (nSPS) is 22.9. The van der Waals surface area contributed by atoms with E-state index in [0.717, 1.165) is 63.5 Å². The van der Waals surface area contributed by atoms with Crippen LogP contribution in [0.25, 0.3) is 0 Å². The SMILES string of the molecule is CC.CCOc1c(N2CC(N3CCNCC3)C2)cc(N2CCC3(CC2)OC2(COC2)c2nccc(C)c23)nc1C(F)F. The van der Waals surface area contributed by atoms with Crippen molar-refractivity contribution in [2.75, 3.05) is 82.0 Å². The monoisotopic (exact) mass is 586 g/mol. The molecule has 0 amide bonds. The molecule has 2 aromatic rings. The van der Waals surface area contributed by atoms with Gasteiger partial charge in [0.1, 0.15) is 11.4 Å². The van der Waals surface area contributed by atoms with E-state index in [9.17, 15) is 8.78 Å². The van der Waals surface area contributed by atoms with Crippen molar-refractivity contribution in [1.82, 2.24) is 20.2 Å². The summed E-state index contributed by atoms with van der Waals surface area (Å²) in [6.07, 6.45) is 0.596. The van der Waals surface area contributed by atoms with Crippen LogP contribution >= 0.6 is 0 Å². The molecule has 0 atom stereocenters. The number of aryl methyl sites for hydroxylation is 1. The van der Waals surface area contributed by atoms with Crippen molar-refractivity contribution in [3.05, 3.63) is 40.8 Å². The Hall–Kier alpha value is -2.60. The summed E-state index contributed by atoms with van der Waals surface area (Å²) in [7, 11) is 0. The fourth-order valence-corrected chi connectivity index (χ4v) is 7.18. The fourth-order valence-electron chi connectivity index (χ4n) is 7.18. The molecular weight excluding hydrogens is 542 g/mol. The smallest absolute Gasteiger partial charge is 0.284 e. The van der Waals surface area contributed by atoms with Gasteiger partial charge in [-0.1, -0.05) is 13.8 Å². The van der Waals surface area contributed by atoms with Crippen LogP contribution in [0.4, 0.5) is 20.3 Å². The first kappa shape index (κ1) is 29.5. The minimum atomic E-state index is -2.72. The number of anilines is 2. The Morgan fingerprint density at radius 3 is 2.40 bits per heavy atom. The molecule has 5 aliphatic heterocycles. The van der Waals surface area contributed by atoms with Crippen molar-refractivity contribution in [2.24, 2.45) is 0 Å². The predicted octanol–water partition coefficient (Wildman–Crippen LogP) is 3.99. The molecule has 0 radical (unpaired) electrons. The number of hydrogen-bond donors (Lipinski definition) is 1. The number of fused-ring (bicyclic) bond motifs is 3. The van der Waals surface area contributed by atoms with Crippen LogP contribution in [-0.2, 0) is 20.7 Å². The number of nitrogens with one attached hydrogen (secondary N) is 1. The number of pyridine rings is 2. The quantitative estimate of drug-likeness (QED) is 0.541. The van der Waals surface area contributed by atoms with E-state index in [1.807, 2.05) is 39.1 Å². The topological polar surface area (TPSA) is 75.2 Å². The molecule has 0 aromatic carbocycles. The van der Waals surface area contributed by atoms with Gasteiger partial charge in [-0.15, -0.1) is 0 Å². The third kappa shape index (κ3) is 4.92. The molecule has 2 spiro atoms. The van der Waals surface area contributed by atoms with Crippen LogP contribution in [0.5, 0.6) is 5.75 Å². The van der Waals surface area contributed by atoms with E-state index in [-0.39, 0.29) is 11.4 Å². The van der Waals surface area contributed by atoms with E-state index in [0.29, 0.717) is 44.8 Å². The Bertz CT molecular complexity index is 1260. The number of halogens is 2. The number of nitrogens with zero attached hydrogens (tertiary/aromatic N) is 5. The molecule has 7 heterocycles. The lowest BCUT2D eigenvalue weighted by Gasteiger charge is -2.48. The molecule has 0 bridgehead atoms. The standard InChI is InChI=1S/C29H38F2N6O3.C2H6/c1-3-39-25-21(37-15-20(16-37)35-12-8-32-9-13-35)14-22(34-24(25)27(30)31)36-10-5-28(6-11-36)23-19(2)4-7-33-26(23)29(40-28)17-38-18-29;1-2/h4,7,14,20,27,32H,3,5-6,8-13,15-18H2,1-2H3;1-2H3. The van der Waals surface area contributed by atoms with Gasteiger partial charge in [-0.3, -0.25) is 9.88 Å². The van der Waals surface area contributed by atoms with Gasteiger partial charge in [0.25, 0.3) is 6.43 Å². The molecule has 9 nitrogen and oxygen atoms in total. The second-order valence-corrected chi connectivity index (χ2v) is 11.7. The zero-order chi connectivity index (χ0) is 29.5. The average molecular weight is 587 g/mol. The van der Waals surface area contributed by atoms with Gasteiger partial charge in [0.05, 0.1) is 31.2 Å². The van der Waals surface area contributed by atoms with E-state index < -0.39 is 17.6 Å². The molecule has 0 aliphatic carbocycles. The van der Waals surface area contributed by atoms with Crippen LogP contribution < -0.4 is 19.9 Å². The second kappa shape index (κ2) is 11.8. The fraction of sp³-hybridized carbons (Fsp3) is 0.677. The zero-order valence-electron chi connectivity index (χ0n) is 25.3. The molecule has 0 saturated carbocycles. The Kier molecular flexibility index (Phi) is 8.30. The van der Waals surface area contributed by atoms with Crippen LogP contribution in [0.15, 0.2) is 18.3 Å². The van der Waals surface area contributed by atoms with Crippen LogP contribution in [0, 0.1) is 6.92 Å². The number of alkyl halides is 2. The number of hydrogen-bond acceptors (Lipinski definition) is 9. The summed E-state index contributed by atoms with van der Waals surface area (Å²) in [5, 5.41) is 3.40. The van der Waals surface area contributed by atoms with E-state index in [4.69, 9.17) is 19.2 Å². The first-order valence-electron chi connectivity index (χ1n) is 15.6. The van der Waals surface area contributed by atoms with Gasteiger partial charge in [-0.25, -0.2) is 13.8 Å². The zero-order valence-corrected chi connectivity index (χ0v) is 25.3. The summed E-state index contributed by atoms with van der Waals surface area (Å²) < 4.78 is 47.0. The minimum Gasteiger partial charge on any atom is -0.490 e. The summed E-state index contributed by atoms with van der Waals surface area (Å²) in [5.74, 6) is 0.798. The molecule has 7 rings (SSSR count). The number of ether oxygens (including phenoxy) is 3. The Morgan fingerprint density at radius 1 is 1.07 bits per heavy atom. The van der Waals surface area contributed by atoms with Crippen molar-refractivity contribution < 1.29 is 23.0 Å². The van der Waals surface area contributed by atoms with Crippen molar-refractivity contribution in [2.45, 2.75) is 64.2 Å². The molecule has 42 heavy (non-hydrogen) atoms. The second-order valence-electron chi connectivity index (χ2n) is 11.7. The lowest BCUT2D eigenvalue weighted by molar-refractivity contribution is -0.260. The molecule has 11 heteroatoms. The number of piperidine rings is 1. The van der Waals surface area contributed by atoms with Gasteiger partial charge in [0.15, 0.2) is 17.0 Å². The van der Waals surface area contributed by atoms with Crippen molar-refractivity contribution in [3.8, 4) is 5.75 Å². The lowest BCUT2D eigenvalue weighted by Crippen LogP contribution is -2.63. The maximum atomic E-state index is 14.4. The third-order valence-corrected chi connectivity index (χ3v) is 9.34. The first-order chi connectivity index (χ1) is 20.4. The molecule has 230 valence electrons. The third-order valence-electron chi connectivity index (χ3n) is 9.34. The Morgan fingerprint density at radius 2 is 1.79 bits per heavy atom. The largest absolute Gasteiger partial charge is 0.490 e. The van der Waals surface area contributed by atoms with Crippen LogP contribution in [-0.4, -0.2) is 93.1 Å². The maximum Gasteiger partial charge on any atom is 0.284 e. The van der Waals surface area contributed by atoms with E-state index in [1.54, 1.807) is 0 Å². The van der Waals surface area contributed by atoms with Crippen LogP contribution in [0.1, 0.15) is 62.6 Å². The molecule has 1 N–H and O–H groups in total. The molecule has 4 saturated heterocycles. The van der Waals surface area contributed by atoms with E-state index >= 15 is 0 Å². The van der Waals surface area contributed by atoms with Crippen LogP contribution in [0.3, 0.4) is 0 Å². The van der Waals surface area contributed by atoms with Gasteiger partial charge < -0.3 is 29.3 Å². The maximum absolute atomic E-state index is 14.4. The highest BCUT2D eigenvalue weighted by atomic mass is 19.3. The highest BCUT2D eigenvalue weighted by Crippen LogP contribution is 2.55. The molecular formula is C31H44F2N6O3. The highest BCUT2D eigenvalue weighted by molar-refractivity contribution is 5.68. The number of piperazine rings is 1. The van der Waals surface area contributed by atoms with Gasteiger partial charge in [0.2, 0.25) is 0 Å². The predicted molar refractivity (Wildman–Crippen MR) is 158 cm³/mol. The summed E-state index contributed by atoms with van der Waals surface area (Å²) in [6.45, 7) is 16.2. The van der Waals surface area contributed by atoms with Crippen molar-refractivity contribution in [1.29, 1.82) is 0 Å². The van der Waals surface area contributed by atoms with Crippen molar-refractivity contribution in [3.63, 3.8) is 0 Å². The Labute approximate surface area is 247 Å². The van der Waals surface area contributed by atoms with E-state index in [1.165, 1.54) is 11.1 Å². The molecule has 5 aliphatic rings. The minimum absolute atomic E-state index is 0.218. The van der Waals surface area contributed by atoms with Crippen molar-refractivity contribution >= 4 is 11.5 Å².